The van der Waals surface area contributed by atoms with Gasteiger partial charge in [-0.3, -0.25) is 10.4 Å². The maximum absolute atomic E-state index is 11.1. The quantitative estimate of drug-likeness (QED) is 0.293. The monoisotopic (exact) mass is 312 g/mol. The van der Waals surface area contributed by atoms with E-state index in [4.69, 9.17) is 23.9 Å². The Morgan fingerprint density at radius 3 is 3.05 bits per heavy atom. The van der Waals surface area contributed by atoms with Crippen LogP contribution in [0.4, 0.5) is 0 Å². The van der Waals surface area contributed by atoms with Gasteiger partial charge in [0.05, 0.1) is 0 Å². The van der Waals surface area contributed by atoms with Gasteiger partial charge in [-0.25, -0.2) is 4.79 Å². The van der Waals surface area contributed by atoms with E-state index in [1.165, 1.54) is 12.3 Å². The number of benzene rings is 1. The Morgan fingerprint density at radius 1 is 1.67 bits per heavy atom. The van der Waals surface area contributed by atoms with Crippen LogP contribution in [0.15, 0.2) is 23.2 Å². The summed E-state index contributed by atoms with van der Waals surface area (Å²) >= 11 is 5.71. The third-order valence-corrected chi connectivity index (χ3v) is 2.87. The number of halogens is 1. The maximum atomic E-state index is 11.1. The van der Waals surface area contributed by atoms with Crippen molar-refractivity contribution < 1.29 is 16.4 Å². The minimum Gasteiger partial charge on any atom is -0.507 e. The van der Waals surface area contributed by atoms with Crippen molar-refractivity contribution >= 4 is 29.7 Å². The van der Waals surface area contributed by atoms with E-state index in [9.17, 15) is 9.90 Å². The lowest BCUT2D eigenvalue weighted by molar-refractivity contribution is -0.138. The lowest BCUT2D eigenvalue weighted by Gasteiger charge is -2.08. The highest BCUT2D eigenvalue weighted by molar-refractivity contribution is 6.30. The number of aliphatic carboxylic acids is 1. The number of carbonyl (C=O) groups is 1. The lowest BCUT2D eigenvalue weighted by atomic mass is 10.1. The summed E-state index contributed by atoms with van der Waals surface area (Å²) in [5.41, 5.74) is 5.67. The molecule has 0 aliphatic heterocycles. The first-order valence-electron chi connectivity index (χ1n) is 6.64. The number of carboxylic acid groups (broad SMARTS) is 1. The van der Waals surface area contributed by atoms with Crippen LogP contribution in [0.1, 0.15) is 18.4 Å². The number of aliphatic imine (C=N–C) groups is 1. The second-order valence-electron chi connectivity index (χ2n) is 4.29. The van der Waals surface area contributed by atoms with E-state index in [1.807, 2.05) is 0 Å². The Bertz CT molecular complexity index is 580. The molecule has 1 atom stereocenters. The minimum absolute atomic E-state index is 0.0264. The molecule has 7 nitrogen and oxygen atoms in total. The van der Waals surface area contributed by atoms with Crippen LogP contribution in [0.25, 0.3) is 0 Å². The van der Waals surface area contributed by atoms with Gasteiger partial charge in [-0.05, 0) is 31.0 Å². The van der Waals surface area contributed by atoms with Crippen molar-refractivity contribution in [3.63, 3.8) is 0 Å². The molecule has 0 bridgehead atoms. The van der Waals surface area contributed by atoms with Gasteiger partial charge in [0.1, 0.15) is 11.8 Å². The molecule has 0 saturated carbocycles. The zero-order valence-electron chi connectivity index (χ0n) is 12.2. The van der Waals surface area contributed by atoms with Crippen molar-refractivity contribution in [3.05, 3.63) is 28.8 Å². The molecule has 0 aromatic heterocycles. The number of nitrogens with two attached hydrogens (primary N) is 1. The van der Waals surface area contributed by atoms with E-state index >= 15 is 0 Å². The Morgan fingerprint density at radius 2 is 2.43 bits per heavy atom. The summed E-state index contributed by atoms with van der Waals surface area (Å²) in [5.74, 6) is -1.16. The van der Waals surface area contributed by atoms with E-state index in [2.05, 4.69) is 15.7 Å². The number of phenols is 1. The Labute approximate surface area is 128 Å². The molecule has 6 N–H and O–H groups in total. The third-order valence-electron chi connectivity index (χ3n) is 2.63. The van der Waals surface area contributed by atoms with Crippen molar-refractivity contribution in [1.82, 2.24) is 5.32 Å². The van der Waals surface area contributed by atoms with Crippen molar-refractivity contribution in [3.8, 4) is 5.75 Å². The topological polar surface area (TPSA) is 132 Å². The summed E-state index contributed by atoms with van der Waals surface area (Å²) in [4.78, 5) is 15.1. The number of aromatic hydroxyl groups is 1. The average molecular weight is 313 g/mol. The van der Waals surface area contributed by atoms with Gasteiger partial charge in [0.15, 0.2) is 7.37 Å². The molecule has 1 aromatic rings. The summed E-state index contributed by atoms with van der Waals surface area (Å²) in [6.45, 7) is 0.389. The molecule has 0 amide bonds. The van der Waals surface area contributed by atoms with Crippen LogP contribution < -0.4 is 11.1 Å². The number of hydrogen-bond acceptors (Lipinski definition) is 4. The van der Waals surface area contributed by atoms with E-state index in [-0.39, 0.29) is 18.1 Å². The fourth-order valence-corrected chi connectivity index (χ4v) is 1.74. The predicted molar refractivity (Wildman–Crippen MR) is 81.3 cm³/mol. The molecule has 8 heteroatoms. The first-order chi connectivity index (χ1) is 10.4. The lowest BCUT2D eigenvalue weighted by Crippen LogP contribution is -2.31. The highest BCUT2D eigenvalue weighted by Crippen LogP contribution is 2.20. The smallest absolute Gasteiger partial charge is 0.328 e. The number of rotatable bonds is 7. The van der Waals surface area contributed by atoms with Gasteiger partial charge in [-0.15, -0.1) is 0 Å². The molecule has 1 rings (SSSR count). The van der Waals surface area contributed by atoms with Gasteiger partial charge >= 0.3 is 5.97 Å². The fraction of sp³-hybridized carbons (Fsp3) is 0.308. The van der Waals surface area contributed by atoms with Gasteiger partial charge in [0, 0.05) is 23.3 Å². The standard InChI is InChI=1S/C13H17ClN4O3/c14-9-4-3-8(11(19)6-9)7-18-10(12(20)21)2-1-5-17-13(15)16/h3-4,6-7,10,19H,1-2,5H2,(H,20,21)(H4,15,16,17)/t10-/m0/s1. The third kappa shape index (κ3) is 6.13. The first-order valence-corrected chi connectivity index (χ1v) is 6.57. The molecule has 0 fully saturated rings. The Balaban J connectivity index is 2.60. The Hall–Kier alpha value is -2.28. The number of nitrogens with one attached hydrogen (secondary N) is 2. The summed E-state index contributed by atoms with van der Waals surface area (Å²) in [7, 11) is 0. The summed E-state index contributed by atoms with van der Waals surface area (Å²) < 4.78 is 6.64. The first kappa shape index (κ1) is 15.1. The average Bonchev–Trinajstić information content (AvgIpc) is 2.47. The number of hydrogen-bond donors (Lipinski definition) is 5. The SMILES string of the molecule is [H]/N=C(\N)NCCC[C@H](N=Cc1ccc(Cl)cc1O)C(=O)O. The number of nitrogens with zero attached hydrogens (tertiary/aromatic N) is 1. The number of guanidine groups is 1. The van der Waals surface area contributed by atoms with E-state index in [1.54, 1.807) is 12.1 Å². The molecule has 21 heavy (non-hydrogen) atoms. The largest absolute Gasteiger partial charge is 0.507 e. The van der Waals surface area contributed by atoms with E-state index in [0.717, 1.165) is 0 Å². The second kappa shape index (κ2) is 8.11. The van der Waals surface area contributed by atoms with Crippen LogP contribution in [0.2, 0.25) is 6.43 Å². The predicted octanol–water partition coefficient (Wildman–Crippen LogP) is 1.18. The molecule has 0 spiro atoms. The fourth-order valence-electron chi connectivity index (χ4n) is 1.57. The molecular weight excluding hydrogens is 296 g/mol. The van der Waals surface area contributed by atoms with E-state index < -0.39 is 12.0 Å². The van der Waals surface area contributed by atoms with Gasteiger partial charge in [-0.2, -0.15) is 0 Å². The minimum atomic E-state index is -1.06. The summed E-state index contributed by atoms with van der Waals surface area (Å²) in [6, 6.07) is 3.54. The zero-order chi connectivity index (χ0) is 16.5. The molecular formula is C13H17ClN4O3. The molecule has 0 saturated heterocycles. The van der Waals surface area contributed by atoms with Crippen LogP contribution in [0.5, 0.6) is 5.75 Å². The molecule has 0 unspecified atom stereocenters. The van der Waals surface area contributed by atoms with Crippen molar-refractivity contribution in [1.29, 1.82) is 5.40 Å². The molecule has 0 aliphatic rings. The van der Waals surface area contributed by atoms with Gasteiger partial charge in [0.2, 0.25) is 0 Å². The Kier molecular flexibility index (Phi) is 5.83. The van der Waals surface area contributed by atoms with Crippen LogP contribution in [-0.2, 0) is 4.79 Å². The van der Waals surface area contributed by atoms with E-state index in [0.29, 0.717) is 23.6 Å². The number of carboxylic acids is 1. The molecule has 114 valence electrons. The van der Waals surface area contributed by atoms with Crippen molar-refractivity contribution in [2.45, 2.75) is 18.9 Å². The molecule has 0 heterocycles. The highest BCUT2D eigenvalue weighted by atomic mass is 35.5. The van der Waals surface area contributed by atoms with Crippen LogP contribution in [-0.4, -0.2) is 40.9 Å². The maximum Gasteiger partial charge on any atom is 0.328 e. The normalized spacial score (nSPS) is 14.0. The summed E-state index contributed by atoms with van der Waals surface area (Å²) in [5, 5.41) is 24.8. The number of phenolic OH excluding ortho intramolecular Hbond substituents is 1. The van der Waals surface area contributed by atoms with Crippen LogP contribution in [0, 0.1) is 5.40 Å². The second-order valence-corrected chi connectivity index (χ2v) is 4.73. The molecule has 1 aromatic carbocycles. The zero-order valence-corrected chi connectivity index (χ0v) is 11.9. The molecule has 0 radical (unpaired) electrons. The highest BCUT2D eigenvalue weighted by Gasteiger charge is 2.14. The summed E-state index contributed by atoms with van der Waals surface area (Å²) in [6.07, 6.45) is 2.06. The van der Waals surface area contributed by atoms with Crippen LogP contribution in [0.3, 0.4) is 0 Å². The molecule has 0 aliphatic carbocycles. The van der Waals surface area contributed by atoms with Gasteiger partial charge in [0.25, 0.3) is 0 Å². The van der Waals surface area contributed by atoms with Crippen molar-refractivity contribution in [2.75, 3.05) is 6.54 Å². The van der Waals surface area contributed by atoms with Gasteiger partial charge in [-0.1, -0.05) is 11.6 Å². The van der Waals surface area contributed by atoms with Crippen molar-refractivity contribution in [2.24, 2.45) is 10.7 Å². The van der Waals surface area contributed by atoms with Crippen LogP contribution >= 0.6 is 11.6 Å². The van der Waals surface area contributed by atoms with Gasteiger partial charge < -0.3 is 21.3 Å².